The van der Waals surface area contributed by atoms with Gasteiger partial charge in [-0.2, -0.15) is 0 Å². The summed E-state index contributed by atoms with van der Waals surface area (Å²) in [7, 11) is 1.64. The molecule has 1 N–H and O–H groups in total. The summed E-state index contributed by atoms with van der Waals surface area (Å²) in [6.45, 7) is 6.23. The molecule has 2 aromatic rings. The van der Waals surface area contributed by atoms with E-state index in [1.54, 1.807) is 23.8 Å². The molecular weight excluding hydrogens is 396 g/mol. The number of rotatable bonds is 11. The SMILES string of the molecule is CCC(C(=O)NC(C)C)N(Cc1ccccc1)C(=O)CSCc1ccc(OC)cc1. The lowest BCUT2D eigenvalue weighted by Gasteiger charge is -2.31. The van der Waals surface area contributed by atoms with E-state index in [9.17, 15) is 9.59 Å². The summed E-state index contributed by atoms with van der Waals surface area (Å²) in [5.41, 5.74) is 2.15. The predicted octanol–water partition coefficient (Wildman–Crippen LogP) is 4.26. The summed E-state index contributed by atoms with van der Waals surface area (Å²) in [4.78, 5) is 27.6. The van der Waals surface area contributed by atoms with Crippen LogP contribution in [0.4, 0.5) is 0 Å². The van der Waals surface area contributed by atoms with Gasteiger partial charge in [0.25, 0.3) is 0 Å². The zero-order valence-electron chi connectivity index (χ0n) is 18.3. The molecule has 162 valence electrons. The van der Waals surface area contributed by atoms with Crippen molar-refractivity contribution in [1.82, 2.24) is 10.2 Å². The van der Waals surface area contributed by atoms with Gasteiger partial charge in [-0.25, -0.2) is 0 Å². The molecule has 0 radical (unpaired) electrons. The first-order chi connectivity index (χ1) is 14.4. The molecule has 0 heterocycles. The van der Waals surface area contributed by atoms with Gasteiger partial charge in [0.2, 0.25) is 11.8 Å². The summed E-state index contributed by atoms with van der Waals surface area (Å²) >= 11 is 1.56. The number of ether oxygens (including phenoxy) is 1. The van der Waals surface area contributed by atoms with Gasteiger partial charge in [0.05, 0.1) is 12.9 Å². The van der Waals surface area contributed by atoms with Crippen molar-refractivity contribution >= 4 is 23.6 Å². The number of hydrogen-bond acceptors (Lipinski definition) is 4. The Morgan fingerprint density at radius 3 is 2.27 bits per heavy atom. The minimum absolute atomic E-state index is 0.0249. The zero-order chi connectivity index (χ0) is 21.9. The van der Waals surface area contributed by atoms with Crippen LogP contribution >= 0.6 is 11.8 Å². The van der Waals surface area contributed by atoms with Gasteiger partial charge in [-0.3, -0.25) is 9.59 Å². The predicted molar refractivity (Wildman–Crippen MR) is 124 cm³/mol. The molecular formula is C24H32N2O3S. The van der Waals surface area contributed by atoms with E-state index in [1.165, 1.54) is 0 Å². The van der Waals surface area contributed by atoms with Gasteiger partial charge in [0.1, 0.15) is 11.8 Å². The van der Waals surface area contributed by atoms with Crippen LogP contribution < -0.4 is 10.1 Å². The van der Waals surface area contributed by atoms with Crippen LogP contribution in [0.25, 0.3) is 0 Å². The number of methoxy groups -OCH3 is 1. The molecule has 0 aliphatic rings. The highest BCUT2D eigenvalue weighted by Crippen LogP contribution is 2.19. The van der Waals surface area contributed by atoms with E-state index >= 15 is 0 Å². The Bertz CT molecular complexity index is 794. The average Bonchev–Trinajstić information content (AvgIpc) is 2.74. The highest BCUT2D eigenvalue weighted by atomic mass is 32.2. The third-order valence-electron chi connectivity index (χ3n) is 4.67. The van der Waals surface area contributed by atoms with E-state index in [0.29, 0.717) is 18.7 Å². The number of nitrogens with one attached hydrogen (secondary N) is 1. The van der Waals surface area contributed by atoms with Gasteiger partial charge in [0.15, 0.2) is 0 Å². The average molecular weight is 429 g/mol. The maximum atomic E-state index is 13.1. The first-order valence-electron chi connectivity index (χ1n) is 10.3. The molecule has 0 saturated carbocycles. The molecule has 2 rings (SSSR count). The molecule has 6 heteroatoms. The van der Waals surface area contributed by atoms with Crippen molar-refractivity contribution in [3.05, 3.63) is 65.7 Å². The van der Waals surface area contributed by atoms with Crippen LogP contribution in [-0.4, -0.2) is 41.7 Å². The smallest absolute Gasteiger partial charge is 0.243 e. The van der Waals surface area contributed by atoms with Crippen molar-refractivity contribution in [2.24, 2.45) is 0 Å². The summed E-state index contributed by atoms with van der Waals surface area (Å²) in [6.07, 6.45) is 0.570. The van der Waals surface area contributed by atoms with Crippen LogP contribution in [0.1, 0.15) is 38.3 Å². The minimum Gasteiger partial charge on any atom is -0.497 e. The fourth-order valence-electron chi connectivity index (χ4n) is 3.14. The van der Waals surface area contributed by atoms with Gasteiger partial charge in [-0.05, 0) is 43.5 Å². The first-order valence-corrected chi connectivity index (χ1v) is 11.4. The molecule has 30 heavy (non-hydrogen) atoms. The van der Waals surface area contributed by atoms with Gasteiger partial charge < -0.3 is 15.0 Å². The van der Waals surface area contributed by atoms with E-state index in [2.05, 4.69) is 5.32 Å². The van der Waals surface area contributed by atoms with Crippen molar-refractivity contribution < 1.29 is 14.3 Å². The summed E-state index contributed by atoms with van der Waals surface area (Å²) in [5.74, 6) is 1.74. The van der Waals surface area contributed by atoms with Crippen LogP contribution in [-0.2, 0) is 21.9 Å². The van der Waals surface area contributed by atoms with E-state index in [4.69, 9.17) is 4.74 Å². The molecule has 0 aliphatic heterocycles. The van der Waals surface area contributed by atoms with Crippen LogP contribution in [0.15, 0.2) is 54.6 Å². The van der Waals surface area contributed by atoms with Crippen LogP contribution in [0.3, 0.4) is 0 Å². The van der Waals surface area contributed by atoms with Crippen molar-refractivity contribution in [1.29, 1.82) is 0 Å². The van der Waals surface area contributed by atoms with Gasteiger partial charge in [0, 0.05) is 18.3 Å². The highest BCUT2D eigenvalue weighted by Gasteiger charge is 2.28. The number of carbonyl (C=O) groups is 2. The maximum Gasteiger partial charge on any atom is 0.243 e. The second kappa shape index (κ2) is 12.3. The molecule has 2 amide bonds. The van der Waals surface area contributed by atoms with Crippen LogP contribution in [0.2, 0.25) is 0 Å². The quantitative estimate of drug-likeness (QED) is 0.581. The lowest BCUT2D eigenvalue weighted by Crippen LogP contribution is -2.50. The monoisotopic (exact) mass is 428 g/mol. The highest BCUT2D eigenvalue weighted by molar-refractivity contribution is 7.99. The van der Waals surface area contributed by atoms with Crippen molar-refractivity contribution in [2.45, 2.75) is 51.6 Å². The Kier molecular flexibility index (Phi) is 9.74. The van der Waals surface area contributed by atoms with E-state index in [0.717, 1.165) is 22.6 Å². The molecule has 1 unspecified atom stereocenters. The molecule has 0 aliphatic carbocycles. The van der Waals surface area contributed by atoms with Crippen LogP contribution in [0, 0.1) is 0 Å². The van der Waals surface area contributed by atoms with E-state index in [-0.39, 0.29) is 17.9 Å². The molecule has 2 aromatic carbocycles. The molecule has 0 spiro atoms. The Labute approximate surface area is 184 Å². The fourth-order valence-corrected chi connectivity index (χ4v) is 4.01. The standard InChI is InChI=1S/C24H32N2O3S/c1-5-22(24(28)25-18(2)3)26(15-19-9-7-6-8-10-19)23(27)17-30-16-20-11-13-21(29-4)14-12-20/h6-14,18,22H,5,15-17H2,1-4H3,(H,25,28). The molecule has 0 fully saturated rings. The number of amides is 2. The number of benzene rings is 2. The number of thioether (sulfide) groups is 1. The van der Waals surface area contributed by atoms with E-state index in [1.807, 2.05) is 75.4 Å². The Morgan fingerprint density at radius 1 is 1.03 bits per heavy atom. The normalized spacial score (nSPS) is 11.8. The van der Waals surface area contributed by atoms with Crippen molar-refractivity contribution in [2.75, 3.05) is 12.9 Å². The molecule has 0 aromatic heterocycles. The van der Waals surface area contributed by atoms with Crippen LogP contribution in [0.5, 0.6) is 5.75 Å². The zero-order valence-corrected chi connectivity index (χ0v) is 19.1. The first kappa shape index (κ1) is 23.8. The Balaban J connectivity index is 2.07. The maximum absolute atomic E-state index is 13.1. The Hall–Kier alpha value is -2.47. The second-order valence-electron chi connectivity index (χ2n) is 7.44. The molecule has 5 nitrogen and oxygen atoms in total. The number of carbonyl (C=O) groups excluding carboxylic acids is 2. The Morgan fingerprint density at radius 2 is 1.70 bits per heavy atom. The molecule has 1 atom stereocenters. The largest absolute Gasteiger partial charge is 0.497 e. The summed E-state index contributed by atoms with van der Waals surface area (Å²) in [6, 6.07) is 17.2. The number of hydrogen-bond donors (Lipinski definition) is 1. The van der Waals surface area contributed by atoms with Gasteiger partial charge in [-0.15, -0.1) is 11.8 Å². The topological polar surface area (TPSA) is 58.6 Å². The summed E-state index contributed by atoms with van der Waals surface area (Å²) < 4.78 is 5.18. The lowest BCUT2D eigenvalue weighted by molar-refractivity contribution is -0.139. The third-order valence-corrected chi connectivity index (χ3v) is 5.65. The second-order valence-corrected chi connectivity index (χ2v) is 8.42. The fraction of sp³-hybridized carbons (Fsp3) is 0.417. The van der Waals surface area contributed by atoms with E-state index < -0.39 is 6.04 Å². The molecule has 0 saturated heterocycles. The van der Waals surface area contributed by atoms with Gasteiger partial charge >= 0.3 is 0 Å². The van der Waals surface area contributed by atoms with Crippen molar-refractivity contribution in [3.8, 4) is 5.75 Å². The minimum atomic E-state index is -0.485. The number of nitrogens with zero attached hydrogens (tertiary/aromatic N) is 1. The lowest BCUT2D eigenvalue weighted by atomic mass is 10.1. The van der Waals surface area contributed by atoms with Crippen molar-refractivity contribution in [3.63, 3.8) is 0 Å². The molecule has 0 bridgehead atoms. The summed E-state index contributed by atoms with van der Waals surface area (Å²) in [5, 5.41) is 2.96. The van der Waals surface area contributed by atoms with Gasteiger partial charge in [-0.1, -0.05) is 49.4 Å². The third kappa shape index (κ3) is 7.41.